The van der Waals surface area contributed by atoms with Crippen LogP contribution in [0.2, 0.25) is 0 Å². The van der Waals surface area contributed by atoms with Gasteiger partial charge in [-0.3, -0.25) is 14.5 Å². The van der Waals surface area contributed by atoms with Gasteiger partial charge in [0.1, 0.15) is 6.04 Å². The molecule has 122 valence electrons. The highest BCUT2D eigenvalue weighted by atomic mass is 16.6. The molecule has 0 bridgehead atoms. The maximum atomic E-state index is 12.5. The molecule has 3 rings (SSSR count). The number of hydrogen-bond donors (Lipinski definition) is 1. The molecule has 1 saturated heterocycles. The molecule has 2 unspecified atom stereocenters. The molecule has 23 heavy (non-hydrogen) atoms. The number of nitrogens with zero attached hydrogens (tertiary/aromatic N) is 1. The van der Waals surface area contributed by atoms with E-state index in [1.807, 2.05) is 13.8 Å². The van der Waals surface area contributed by atoms with E-state index in [-0.39, 0.29) is 24.3 Å². The number of likely N-dealkylation sites (tertiary alicyclic amines) is 1. The van der Waals surface area contributed by atoms with Crippen LogP contribution < -0.4 is 5.32 Å². The molecule has 0 spiro atoms. The first kappa shape index (κ1) is 15.5. The number of nitrogens with one attached hydrogen (secondary N) is 1. The van der Waals surface area contributed by atoms with Crippen LogP contribution in [0.25, 0.3) is 0 Å². The van der Waals surface area contributed by atoms with E-state index < -0.39 is 18.2 Å². The molecule has 3 atom stereocenters. The lowest BCUT2D eigenvalue weighted by Crippen LogP contribution is -2.48. The molecule has 0 radical (unpaired) electrons. The van der Waals surface area contributed by atoms with Gasteiger partial charge in [-0.25, -0.2) is 4.79 Å². The summed E-state index contributed by atoms with van der Waals surface area (Å²) in [6.07, 6.45) is 0.737. The zero-order valence-corrected chi connectivity index (χ0v) is 13.2. The molecule has 2 aliphatic heterocycles. The van der Waals surface area contributed by atoms with Gasteiger partial charge in [-0.1, -0.05) is 25.1 Å². The van der Waals surface area contributed by atoms with E-state index in [1.54, 1.807) is 24.3 Å². The van der Waals surface area contributed by atoms with Gasteiger partial charge in [-0.15, -0.1) is 0 Å². The minimum atomic E-state index is -0.804. The summed E-state index contributed by atoms with van der Waals surface area (Å²) >= 11 is 0. The number of esters is 1. The second-order valence-corrected chi connectivity index (χ2v) is 6.02. The van der Waals surface area contributed by atoms with Gasteiger partial charge in [0.2, 0.25) is 18.0 Å². The Morgan fingerprint density at radius 1 is 1.39 bits per heavy atom. The van der Waals surface area contributed by atoms with Gasteiger partial charge in [0, 0.05) is 18.0 Å². The third-order valence-corrected chi connectivity index (χ3v) is 4.48. The van der Waals surface area contributed by atoms with Crippen molar-refractivity contribution in [2.24, 2.45) is 0 Å². The predicted molar refractivity (Wildman–Crippen MR) is 82.4 cm³/mol. The van der Waals surface area contributed by atoms with Crippen molar-refractivity contribution in [3.8, 4) is 0 Å². The summed E-state index contributed by atoms with van der Waals surface area (Å²) in [5, 5.41) is 2.91. The first-order valence-electron chi connectivity index (χ1n) is 7.94. The van der Waals surface area contributed by atoms with E-state index in [0.717, 1.165) is 6.42 Å². The summed E-state index contributed by atoms with van der Waals surface area (Å²) in [4.78, 5) is 38.2. The van der Waals surface area contributed by atoms with Gasteiger partial charge in [0.25, 0.3) is 0 Å². The van der Waals surface area contributed by atoms with Gasteiger partial charge in [-0.05, 0) is 25.8 Å². The SMILES string of the molecule is CCC(C)NC(=O)[C@@H]1CCC(=O)N1C1OC(=O)c2ccccc21. The standard InChI is InChI=1S/C17H20N2O4/c1-3-10(2)18-15(21)13-8-9-14(20)19(13)16-11-6-4-5-7-12(11)17(22)23-16/h4-7,10,13,16H,3,8-9H2,1-2H3,(H,18,21)/t10?,13-,16?/m0/s1. The second-order valence-electron chi connectivity index (χ2n) is 6.02. The molecular weight excluding hydrogens is 296 g/mol. The molecule has 0 aliphatic carbocycles. The smallest absolute Gasteiger partial charge is 0.340 e. The molecule has 1 aromatic carbocycles. The first-order chi connectivity index (χ1) is 11.0. The summed E-state index contributed by atoms with van der Waals surface area (Å²) in [6.45, 7) is 3.90. The fourth-order valence-electron chi connectivity index (χ4n) is 3.03. The molecule has 0 aromatic heterocycles. The Morgan fingerprint density at radius 2 is 2.13 bits per heavy atom. The quantitative estimate of drug-likeness (QED) is 0.859. The lowest BCUT2D eigenvalue weighted by atomic mass is 10.1. The Hall–Kier alpha value is -2.37. The Labute approximate surface area is 134 Å². The third-order valence-electron chi connectivity index (χ3n) is 4.48. The molecule has 1 fully saturated rings. The Balaban J connectivity index is 1.87. The molecule has 2 aliphatic rings. The number of hydrogen-bond acceptors (Lipinski definition) is 4. The lowest BCUT2D eigenvalue weighted by molar-refractivity contribution is -0.146. The molecular formula is C17H20N2O4. The third kappa shape index (κ3) is 2.69. The summed E-state index contributed by atoms with van der Waals surface area (Å²) in [7, 11) is 0. The number of carbonyl (C=O) groups excluding carboxylic acids is 3. The molecule has 2 heterocycles. The van der Waals surface area contributed by atoms with Crippen LogP contribution in [0.4, 0.5) is 0 Å². The summed E-state index contributed by atoms with van der Waals surface area (Å²) < 4.78 is 5.38. The van der Waals surface area contributed by atoms with Crippen LogP contribution in [0.3, 0.4) is 0 Å². The van der Waals surface area contributed by atoms with Crippen molar-refractivity contribution < 1.29 is 19.1 Å². The zero-order chi connectivity index (χ0) is 16.6. The molecule has 6 heteroatoms. The highest BCUT2D eigenvalue weighted by molar-refractivity contribution is 5.96. The van der Waals surface area contributed by atoms with Gasteiger partial charge < -0.3 is 10.1 Å². The van der Waals surface area contributed by atoms with Crippen LogP contribution in [0.5, 0.6) is 0 Å². The van der Waals surface area contributed by atoms with E-state index in [1.165, 1.54) is 4.90 Å². The van der Waals surface area contributed by atoms with Crippen LogP contribution >= 0.6 is 0 Å². The van der Waals surface area contributed by atoms with Crippen molar-refractivity contribution in [1.29, 1.82) is 0 Å². The number of amides is 2. The van der Waals surface area contributed by atoms with Crippen LogP contribution in [-0.4, -0.2) is 34.8 Å². The monoisotopic (exact) mass is 316 g/mol. The molecule has 1 aromatic rings. The fourth-order valence-corrected chi connectivity index (χ4v) is 3.03. The summed E-state index contributed by atoms with van der Waals surface area (Å²) in [5.41, 5.74) is 1.10. The molecule has 0 saturated carbocycles. The average Bonchev–Trinajstić information content (AvgIpc) is 3.08. The van der Waals surface area contributed by atoms with Crippen molar-refractivity contribution >= 4 is 17.8 Å². The minimum absolute atomic E-state index is 0.0402. The fraction of sp³-hybridized carbons (Fsp3) is 0.471. The number of carbonyl (C=O) groups is 3. The van der Waals surface area contributed by atoms with E-state index in [2.05, 4.69) is 5.32 Å². The predicted octanol–water partition coefficient (Wildman–Crippen LogP) is 1.76. The number of ether oxygens (including phenoxy) is 1. The van der Waals surface area contributed by atoms with E-state index >= 15 is 0 Å². The van der Waals surface area contributed by atoms with Gasteiger partial charge in [-0.2, -0.15) is 0 Å². The molecule has 6 nitrogen and oxygen atoms in total. The summed E-state index contributed by atoms with van der Waals surface area (Å²) in [6, 6.07) is 6.43. The van der Waals surface area contributed by atoms with Crippen molar-refractivity contribution in [2.75, 3.05) is 0 Å². The van der Waals surface area contributed by atoms with Crippen molar-refractivity contribution in [1.82, 2.24) is 10.2 Å². The summed E-state index contributed by atoms with van der Waals surface area (Å²) in [5.74, 6) is -0.805. The van der Waals surface area contributed by atoms with Crippen molar-refractivity contribution in [3.05, 3.63) is 35.4 Å². The largest absolute Gasteiger partial charge is 0.433 e. The van der Waals surface area contributed by atoms with E-state index in [4.69, 9.17) is 4.74 Å². The number of rotatable bonds is 4. The van der Waals surface area contributed by atoms with Crippen LogP contribution in [0, 0.1) is 0 Å². The van der Waals surface area contributed by atoms with Gasteiger partial charge in [0.05, 0.1) is 5.56 Å². The zero-order valence-electron chi connectivity index (χ0n) is 13.2. The first-order valence-corrected chi connectivity index (χ1v) is 7.94. The van der Waals surface area contributed by atoms with Crippen molar-refractivity contribution in [2.45, 2.75) is 51.4 Å². The van der Waals surface area contributed by atoms with Gasteiger partial charge in [0.15, 0.2) is 0 Å². The second kappa shape index (κ2) is 6.02. The number of benzene rings is 1. The highest BCUT2D eigenvalue weighted by Crippen LogP contribution is 2.38. The van der Waals surface area contributed by atoms with Gasteiger partial charge >= 0.3 is 5.97 Å². The molecule has 1 N–H and O–H groups in total. The van der Waals surface area contributed by atoms with E-state index in [9.17, 15) is 14.4 Å². The lowest BCUT2D eigenvalue weighted by Gasteiger charge is -2.29. The number of fused-ring (bicyclic) bond motifs is 1. The minimum Gasteiger partial charge on any atom is -0.433 e. The van der Waals surface area contributed by atoms with Crippen LogP contribution in [0.15, 0.2) is 24.3 Å². The van der Waals surface area contributed by atoms with E-state index in [0.29, 0.717) is 17.5 Å². The normalized spacial score (nSPS) is 24.3. The Kier molecular flexibility index (Phi) is 4.07. The van der Waals surface area contributed by atoms with Crippen LogP contribution in [0.1, 0.15) is 55.3 Å². The molecule has 2 amide bonds. The average molecular weight is 316 g/mol. The Bertz CT molecular complexity index is 658. The highest BCUT2D eigenvalue weighted by Gasteiger charge is 2.46. The Morgan fingerprint density at radius 3 is 2.87 bits per heavy atom. The van der Waals surface area contributed by atoms with Crippen LogP contribution in [-0.2, 0) is 14.3 Å². The number of cyclic esters (lactones) is 1. The maximum absolute atomic E-state index is 12.5. The topological polar surface area (TPSA) is 75.7 Å². The van der Waals surface area contributed by atoms with Crippen molar-refractivity contribution in [3.63, 3.8) is 0 Å². The maximum Gasteiger partial charge on any atom is 0.340 e.